The highest BCUT2D eigenvalue weighted by Crippen LogP contribution is 2.27. The van der Waals surface area contributed by atoms with E-state index in [9.17, 15) is 14.4 Å². The highest BCUT2D eigenvalue weighted by Gasteiger charge is 2.38. The summed E-state index contributed by atoms with van der Waals surface area (Å²) in [4.78, 5) is 42.4. The van der Waals surface area contributed by atoms with Gasteiger partial charge in [-0.25, -0.2) is 4.79 Å². The van der Waals surface area contributed by atoms with Crippen molar-refractivity contribution < 1.29 is 23.9 Å². The van der Waals surface area contributed by atoms with Crippen LogP contribution in [0.3, 0.4) is 0 Å². The monoisotopic (exact) mass is 577 g/mol. The first-order valence-corrected chi connectivity index (χ1v) is 12.6. The van der Waals surface area contributed by atoms with Crippen molar-refractivity contribution in [3.63, 3.8) is 0 Å². The summed E-state index contributed by atoms with van der Waals surface area (Å²) >= 11 is 2.35. The van der Waals surface area contributed by atoms with Gasteiger partial charge in [-0.3, -0.25) is 9.59 Å². The van der Waals surface area contributed by atoms with Gasteiger partial charge in [0.2, 0.25) is 5.91 Å². The molecular formula is C25H28IN3O5. The molecule has 180 valence electrons. The maximum Gasteiger partial charge on any atom is 0.408 e. The van der Waals surface area contributed by atoms with Crippen LogP contribution in [0.1, 0.15) is 28.8 Å². The van der Waals surface area contributed by atoms with E-state index in [0.29, 0.717) is 34.9 Å². The van der Waals surface area contributed by atoms with E-state index in [4.69, 9.17) is 9.47 Å². The molecule has 0 aromatic heterocycles. The summed E-state index contributed by atoms with van der Waals surface area (Å²) in [5.41, 5.74) is 1.38. The summed E-state index contributed by atoms with van der Waals surface area (Å²) in [6, 6.07) is 15.5. The van der Waals surface area contributed by atoms with E-state index in [-0.39, 0.29) is 30.9 Å². The Morgan fingerprint density at radius 3 is 2.76 bits per heavy atom. The molecule has 0 unspecified atom stereocenters. The second-order valence-corrected chi connectivity index (χ2v) is 10.4. The van der Waals surface area contributed by atoms with Crippen molar-refractivity contribution in [2.24, 2.45) is 0 Å². The van der Waals surface area contributed by atoms with Gasteiger partial charge in [0.25, 0.3) is 5.91 Å². The lowest BCUT2D eigenvalue weighted by molar-refractivity contribution is -0.135. The van der Waals surface area contributed by atoms with Gasteiger partial charge in [-0.05, 0) is 36.6 Å². The lowest BCUT2D eigenvalue weighted by Gasteiger charge is -2.29. The summed E-state index contributed by atoms with van der Waals surface area (Å²) in [5.74, 6) is 0.244. The molecule has 9 heteroatoms. The highest BCUT2D eigenvalue weighted by atomic mass is 127. The van der Waals surface area contributed by atoms with Crippen LogP contribution >= 0.6 is 22.6 Å². The number of amides is 3. The average Bonchev–Trinajstić information content (AvgIpc) is 3.23. The minimum atomic E-state index is -0.813. The predicted molar refractivity (Wildman–Crippen MR) is 135 cm³/mol. The molecule has 2 aromatic rings. The van der Waals surface area contributed by atoms with Crippen LogP contribution in [0, 0.1) is 0 Å². The number of halogens is 1. The molecule has 0 aliphatic carbocycles. The molecule has 0 radical (unpaired) electrons. The normalized spacial score (nSPS) is 23.2. The second-order valence-electron chi connectivity index (χ2n) is 8.59. The van der Waals surface area contributed by atoms with Gasteiger partial charge >= 0.3 is 6.09 Å². The lowest BCUT2D eigenvalue weighted by atomic mass is 10.1. The van der Waals surface area contributed by atoms with Crippen molar-refractivity contribution in [3.05, 3.63) is 65.7 Å². The first-order valence-electron chi connectivity index (χ1n) is 11.3. The van der Waals surface area contributed by atoms with E-state index in [1.54, 1.807) is 35.0 Å². The largest absolute Gasteiger partial charge is 0.491 e. The predicted octanol–water partition coefficient (Wildman–Crippen LogP) is 3.24. The maximum atomic E-state index is 13.6. The number of hydrogen-bond acceptors (Lipinski definition) is 5. The van der Waals surface area contributed by atoms with Crippen molar-refractivity contribution in [1.82, 2.24) is 15.1 Å². The molecule has 2 aliphatic heterocycles. The average molecular weight is 577 g/mol. The fraction of sp³-hybridized carbons (Fsp3) is 0.400. The molecule has 0 saturated carbocycles. The number of fused-ring (bicyclic) bond motifs is 3. The molecule has 2 aliphatic rings. The zero-order chi connectivity index (χ0) is 24.1. The Bertz CT molecular complexity index is 1030. The number of ether oxygens (including phenoxy) is 2. The van der Waals surface area contributed by atoms with Crippen molar-refractivity contribution in [2.75, 3.05) is 26.7 Å². The first kappa shape index (κ1) is 24.3. The Hall–Kier alpha value is -2.82. The maximum absolute atomic E-state index is 13.6. The third kappa shape index (κ3) is 5.99. The second kappa shape index (κ2) is 11.1. The van der Waals surface area contributed by atoms with Crippen molar-refractivity contribution >= 4 is 40.5 Å². The zero-order valence-electron chi connectivity index (χ0n) is 19.0. The fourth-order valence-electron chi connectivity index (χ4n) is 4.21. The zero-order valence-corrected chi connectivity index (χ0v) is 21.1. The van der Waals surface area contributed by atoms with Crippen LogP contribution in [0.25, 0.3) is 0 Å². The van der Waals surface area contributed by atoms with E-state index < -0.39 is 12.1 Å². The summed E-state index contributed by atoms with van der Waals surface area (Å²) in [6.45, 7) is 1.31. The van der Waals surface area contributed by atoms with Crippen LogP contribution in [0.5, 0.6) is 5.75 Å². The standard InChI is InChI=1S/C25H28IN3O5/c1-28-11-10-22(27-25(32)34-15-17-6-3-2-4-7-17)24(31)29-14-19(26)13-20(29)16-33-21-9-5-8-18(12-21)23(28)30/h2-9,12,19-20,22H,10-11,13-16H2,1H3,(H,27,32)/t19-,20-,22-/m0/s1. The minimum Gasteiger partial charge on any atom is -0.491 e. The van der Waals surface area contributed by atoms with Crippen molar-refractivity contribution in [1.29, 1.82) is 0 Å². The highest BCUT2D eigenvalue weighted by molar-refractivity contribution is 14.1. The number of carbonyl (C=O) groups is 3. The van der Waals surface area contributed by atoms with Crippen molar-refractivity contribution in [3.8, 4) is 5.75 Å². The Balaban J connectivity index is 1.52. The van der Waals surface area contributed by atoms with Gasteiger partial charge in [0.1, 0.15) is 25.0 Å². The molecule has 3 amide bonds. The van der Waals surface area contributed by atoms with E-state index >= 15 is 0 Å². The Morgan fingerprint density at radius 1 is 1.18 bits per heavy atom. The number of rotatable bonds is 3. The third-order valence-corrected chi connectivity index (χ3v) is 6.98. The number of alkyl carbamates (subject to hydrolysis) is 1. The molecule has 1 N–H and O–H groups in total. The van der Waals surface area contributed by atoms with Crippen LogP contribution in [0.2, 0.25) is 0 Å². The fourth-order valence-corrected chi connectivity index (χ4v) is 5.22. The molecule has 2 heterocycles. The van der Waals surface area contributed by atoms with Gasteiger partial charge in [-0.2, -0.15) is 0 Å². The summed E-state index contributed by atoms with van der Waals surface area (Å²) < 4.78 is 11.6. The summed E-state index contributed by atoms with van der Waals surface area (Å²) in [7, 11) is 1.68. The molecule has 4 rings (SSSR count). The smallest absolute Gasteiger partial charge is 0.408 e. The topological polar surface area (TPSA) is 88.2 Å². The van der Waals surface area contributed by atoms with Gasteiger partial charge in [0, 0.05) is 29.6 Å². The van der Waals surface area contributed by atoms with Crippen LogP contribution in [-0.4, -0.2) is 70.5 Å². The molecule has 1 fully saturated rings. The minimum absolute atomic E-state index is 0.109. The first-order chi connectivity index (χ1) is 16.4. The van der Waals surface area contributed by atoms with E-state index in [0.717, 1.165) is 12.0 Å². The molecule has 1 saturated heterocycles. The van der Waals surface area contributed by atoms with Crippen LogP contribution < -0.4 is 10.1 Å². The molecule has 8 nitrogen and oxygen atoms in total. The van der Waals surface area contributed by atoms with Crippen LogP contribution in [0.4, 0.5) is 4.79 Å². The van der Waals surface area contributed by atoms with Gasteiger partial charge < -0.3 is 24.6 Å². The number of carbonyl (C=O) groups excluding carboxylic acids is 3. The molecule has 3 atom stereocenters. The number of nitrogens with one attached hydrogen (secondary N) is 1. The van der Waals surface area contributed by atoms with Crippen LogP contribution in [0.15, 0.2) is 54.6 Å². The third-order valence-electron chi connectivity index (χ3n) is 6.07. The number of benzene rings is 2. The van der Waals surface area contributed by atoms with Gasteiger partial charge in [0.15, 0.2) is 0 Å². The van der Waals surface area contributed by atoms with E-state index in [1.807, 2.05) is 36.4 Å². The lowest BCUT2D eigenvalue weighted by Crippen LogP contribution is -2.52. The Morgan fingerprint density at radius 2 is 1.97 bits per heavy atom. The molecule has 0 spiro atoms. The quantitative estimate of drug-likeness (QED) is 0.447. The van der Waals surface area contributed by atoms with Crippen molar-refractivity contribution in [2.45, 2.75) is 35.5 Å². The number of nitrogens with zero attached hydrogens (tertiary/aromatic N) is 2. The molecular weight excluding hydrogens is 549 g/mol. The Labute approximate surface area is 212 Å². The molecule has 2 aromatic carbocycles. The summed E-state index contributed by atoms with van der Waals surface area (Å²) in [5, 5.41) is 2.74. The van der Waals surface area contributed by atoms with Gasteiger partial charge in [-0.15, -0.1) is 0 Å². The van der Waals surface area contributed by atoms with E-state index in [1.165, 1.54) is 0 Å². The number of alkyl halides is 1. The van der Waals surface area contributed by atoms with Crippen LogP contribution in [-0.2, 0) is 16.1 Å². The van der Waals surface area contributed by atoms with Gasteiger partial charge in [-0.1, -0.05) is 59.0 Å². The molecule has 34 heavy (non-hydrogen) atoms. The van der Waals surface area contributed by atoms with Gasteiger partial charge in [0.05, 0.1) is 6.04 Å². The van der Waals surface area contributed by atoms with E-state index in [2.05, 4.69) is 27.9 Å². The Kier molecular flexibility index (Phi) is 7.91. The molecule has 2 bridgehead atoms. The summed E-state index contributed by atoms with van der Waals surface area (Å²) in [6.07, 6.45) is 0.415. The SMILES string of the molecule is CN1CC[C@H](NC(=O)OCc2ccccc2)C(=O)N2C[C@@H](I)C[C@H]2COc2cccc(c2)C1=O. The number of hydrogen-bond donors (Lipinski definition) is 1.